The quantitative estimate of drug-likeness (QED) is 0.104. The summed E-state index contributed by atoms with van der Waals surface area (Å²) in [5, 5.41) is 31.7. The van der Waals surface area contributed by atoms with Gasteiger partial charge in [0.1, 0.15) is 42.7 Å². The number of nitrogens with one attached hydrogen (secondary N) is 2. The fourth-order valence-corrected chi connectivity index (χ4v) is 6.91. The molecule has 0 aromatic carbocycles. The highest BCUT2D eigenvalue weighted by Crippen LogP contribution is 2.35. The third-order valence-corrected chi connectivity index (χ3v) is 10.2. The predicted octanol–water partition coefficient (Wildman–Crippen LogP) is 6.21. The van der Waals surface area contributed by atoms with Crippen molar-refractivity contribution in [2.45, 2.75) is 116 Å². The van der Waals surface area contributed by atoms with Crippen LogP contribution in [0.3, 0.4) is 0 Å². The summed E-state index contributed by atoms with van der Waals surface area (Å²) in [4.78, 5) is 25.5. The zero-order valence-electron chi connectivity index (χ0n) is 34.7. The van der Waals surface area contributed by atoms with Gasteiger partial charge >= 0.3 is 0 Å². The van der Waals surface area contributed by atoms with E-state index >= 15 is 0 Å². The Morgan fingerprint density at radius 1 is 0.689 bits per heavy atom. The van der Waals surface area contributed by atoms with Gasteiger partial charge in [-0.15, -0.1) is 0 Å². The molecule has 0 amide bonds. The lowest BCUT2D eigenvalue weighted by molar-refractivity contribution is -0.0366. The van der Waals surface area contributed by atoms with Gasteiger partial charge in [-0.05, 0) is 65.5 Å². The molecule has 23 heteroatoms. The normalized spacial score (nSPS) is 16.3. The molecular weight excluding hydrogens is 824 g/mol. The zero-order valence-corrected chi connectivity index (χ0v) is 35.5. The van der Waals surface area contributed by atoms with E-state index in [9.17, 15) is 17.6 Å². The molecule has 2 aliphatic rings. The van der Waals surface area contributed by atoms with E-state index in [0.717, 1.165) is 22.8 Å². The van der Waals surface area contributed by atoms with Crippen LogP contribution in [-0.2, 0) is 27.3 Å². The van der Waals surface area contributed by atoms with Crippen LogP contribution < -0.4 is 15.4 Å². The molecule has 2 saturated carbocycles. The van der Waals surface area contributed by atoms with Gasteiger partial charge in [0.05, 0.1) is 11.4 Å². The van der Waals surface area contributed by atoms with E-state index in [1.54, 1.807) is 40.3 Å². The molecule has 0 saturated heterocycles. The highest BCUT2D eigenvalue weighted by Gasteiger charge is 2.36. The van der Waals surface area contributed by atoms with Crippen molar-refractivity contribution in [3.8, 4) is 17.8 Å². The van der Waals surface area contributed by atoms with Crippen LogP contribution in [0.2, 0.25) is 5.15 Å². The number of rotatable bonds is 10. The van der Waals surface area contributed by atoms with Crippen molar-refractivity contribution < 1.29 is 27.4 Å². The van der Waals surface area contributed by atoms with E-state index < -0.39 is 11.8 Å². The average molecular weight is 873 g/mol. The number of hydrogen-bond acceptors (Lipinski definition) is 14. The van der Waals surface area contributed by atoms with E-state index in [4.69, 9.17) is 21.4 Å². The van der Waals surface area contributed by atoms with Crippen LogP contribution in [0.4, 0.5) is 29.2 Å². The maximum Gasteiger partial charge on any atom is 0.256 e. The number of anilines is 2. The SMILES string of the molecule is Cc1cc(C)n(-c2nc(Cl)cc(NC3CCC(F)(F)CC3)n2)n1.Cc1cc(C)n(-c2nc(NC3CCC(F)(F)CC3)cc(OCc3ncnn3C)n2)n1.Cn1ncnc1CO. The first-order chi connectivity index (χ1) is 29.0. The molecule has 0 atom stereocenters. The van der Waals surface area contributed by atoms with Gasteiger partial charge < -0.3 is 20.5 Å². The number of ether oxygens (including phenoxy) is 1. The summed E-state index contributed by atoms with van der Waals surface area (Å²) >= 11 is 6.07. The fraction of sp³-hybridized carbons (Fsp3) is 0.526. The Labute approximate surface area is 354 Å². The van der Waals surface area contributed by atoms with Gasteiger partial charge in [0.25, 0.3) is 11.9 Å². The summed E-state index contributed by atoms with van der Waals surface area (Å²) in [7, 11) is 3.51. The minimum Gasteiger partial charge on any atom is -0.469 e. The van der Waals surface area contributed by atoms with Crippen LogP contribution in [0, 0.1) is 27.7 Å². The number of aryl methyl sites for hydroxylation is 6. The van der Waals surface area contributed by atoms with Crippen LogP contribution in [0.15, 0.2) is 36.9 Å². The van der Waals surface area contributed by atoms with E-state index in [1.807, 2.05) is 39.8 Å². The van der Waals surface area contributed by atoms with Crippen LogP contribution >= 0.6 is 11.6 Å². The molecule has 0 spiro atoms. The minimum atomic E-state index is -2.58. The van der Waals surface area contributed by atoms with Crippen molar-refractivity contribution >= 4 is 23.2 Å². The van der Waals surface area contributed by atoms with Crippen molar-refractivity contribution in [1.29, 1.82) is 0 Å². The molecule has 0 unspecified atom stereocenters. The van der Waals surface area contributed by atoms with Gasteiger partial charge in [-0.2, -0.15) is 40.3 Å². The smallest absolute Gasteiger partial charge is 0.256 e. The summed E-state index contributed by atoms with van der Waals surface area (Å²) in [5.74, 6) is -1.81. The summed E-state index contributed by atoms with van der Waals surface area (Å²) in [6.45, 7) is 7.72. The van der Waals surface area contributed by atoms with Gasteiger partial charge in [0.2, 0.25) is 17.7 Å². The van der Waals surface area contributed by atoms with Gasteiger partial charge in [-0.1, -0.05) is 11.6 Å². The standard InChI is InChI=1S/C19H24F2N8O.C15H18ClF2N5.C4H7N3O/c1-12-8-13(2)29(27-12)18-25-15(24-14-4-6-19(20,21)7-5-14)9-17(26-18)30-10-16-22-11-23-28(16)3;1-9-7-10(2)23(22-9)14-20-12(16)8-13(21-14)19-11-3-5-15(17,18)6-4-11;1-7-4(2-8)5-3-6-7/h8-9,11,14H,4-7,10H2,1-3H3,(H,24,25,26);7-8,11H,3-6H2,1-2H3,(H,19,20,21);3,8H,2H2,1H3. The molecule has 6 heterocycles. The minimum absolute atomic E-state index is 0.0334. The summed E-state index contributed by atoms with van der Waals surface area (Å²) in [6.07, 6.45) is 3.96. The van der Waals surface area contributed by atoms with Gasteiger partial charge in [-0.3, -0.25) is 9.36 Å². The molecule has 6 aromatic heterocycles. The molecular formula is C38H49ClF4N16O2. The highest BCUT2D eigenvalue weighted by molar-refractivity contribution is 6.29. The Kier molecular flexibility index (Phi) is 14.2. The van der Waals surface area contributed by atoms with E-state index in [1.165, 1.54) is 17.3 Å². The van der Waals surface area contributed by atoms with Crippen molar-refractivity contribution in [3.63, 3.8) is 0 Å². The van der Waals surface area contributed by atoms with E-state index in [2.05, 4.69) is 60.9 Å². The van der Waals surface area contributed by atoms with Crippen LogP contribution in [0.1, 0.15) is 85.8 Å². The molecule has 3 N–H and O–H groups in total. The lowest BCUT2D eigenvalue weighted by atomic mass is 9.92. The lowest BCUT2D eigenvalue weighted by Gasteiger charge is -2.29. The van der Waals surface area contributed by atoms with Gasteiger partial charge in [0.15, 0.2) is 11.6 Å². The van der Waals surface area contributed by atoms with Crippen molar-refractivity contribution in [2.75, 3.05) is 10.6 Å². The fourth-order valence-electron chi connectivity index (χ4n) is 6.73. The second-order valence-electron chi connectivity index (χ2n) is 15.0. The Balaban J connectivity index is 0.000000177. The number of alkyl halides is 4. The first-order valence-electron chi connectivity index (χ1n) is 19.6. The number of nitrogens with zero attached hydrogens (tertiary/aromatic N) is 14. The second kappa shape index (κ2) is 19.3. The Hall–Kier alpha value is -5.77. The predicted molar refractivity (Wildman–Crippen MR) is 216 cm³/mol. The Morgan fingerprint density at radius 2 is 1.15 bits per heavy atom. The maximum absolute atomic E-state index is 13.5. The second-order valence-corrected chi connectivity index (χ2v) is 15.4. The van der Waals surface area contributed by atoms with Crippen LogP contribution in [0.25, 0.3) is 11.9 Å². The summed E-state index contributed by atoms with van der Waals surface area (Å²) < 4.78 is 65.6. The van der Waals surface area contributed by atoms with E-state index in [0.29, 0.717) is 66.7 Å². The monoisotopic (exact) mass is 872 g/mol. The zero-order chi connectivity index (χ0) is 43.9. The first kappa shape index (κ1) is 44.8. The molecule has 8 rings (SSSR count). The number of aliphatic hydroxyl groups excluding tert-OH is 1. The molecule has 328 valence electrons. The third kappa shape index (κ3) is 12.4. The van der Waals surface area contributed by atoms with Crippen molar-refractivity contribution in [2.24, 2.45) is 14.1 Å². The topological polar surface area (TPSA) is 202 Å². The van der Waals surface area contributed by atoms with Gasteiger partial charge in [0, 0.05) is 75.4 Å². The first-order valence-corrected chi connectivity index (χ1v) is 20.0. The van der Waals surface area contributed by atoms with Gasteiger partial charge in [-0.25, -0.2) is 36.9 Å². The van der Waals surface area contributed by atoms with Crippen LogP contribution in [0.5, 0.6) is 5.88 Å². The van der Waals surface area contributed by atoms with Crippen molar-refractivity contribution in [3.05, 3.63) is 76.5 Å². The number of halogens is 5. The molecule has 0 bridgehead atoms. The van der Waals surface area contributed by atoms with Crippen LogP contribution in [-0.4, -0.2) is 98.1 Å². The molecule has 0 radical (unpaired) electrons. The molecule has 61 heavy (non-hydrogen) atoms. The molecule has 0 aliphatic heterocycles. The number of aliphatic hydroxyl groups is 1. The number of aromatic nitrogens is 14. The number of hydrogen-bond donors (Lipinski definition) is 3. The average Bonchev–Trinajstić information content (AvgIpc) is 3.99. The maximum atomic E-state index is 13.5. The Bertz CT molecular complexity index is 2360. The third-order valence-electron chi connectivity index (χ3n) is 10.0. The highest BCUT2D eigenvalue weighted by atomic mass is 35.5. The molecule has 2 aliphatic carbocycles. The largest absolute Gasteiger partial charge is 0.469 e. The molecule has 18 nitrogen and oxygen atoms in total. The Morgan fingerprint density at radius 3 is 1.56 bits per heavy atom. The lowest BCUT2D eigenvalue weighted by Crippen LogP contribution is -2.32. The molecule has 2 fully saturated rings. The van der Waals surface area contributed by atoms with Crippen molar-refractivity contribution in [1.82, 2.24) is 69.0 Å². The van der Waals surface area contributed by atoms with E-state index in [-0.39, 0.29) is 56.1 Å². The summed E-state index contributed by atoms with van der Waals surface area (Å²) in [6, 6.07) is 6.99. The summed E-state index contributed by atoms with van der Waals surface area (Å²) in [5.41, 5.74) is 3.47. The molecule has 6 aromatic rings.